The summed E-state index contributed by atoms with van der Waals surface area (Å²) in [6.07, 6.45) is 1.35. The molecule has 1 aromatic carbocycles. The molecule has 2 aromatic rings. The molecule has 92 valence electrons. The van der Waals surface area contributed by atoms with Crippen molar-refractivity contribution in [3.63, 3.8) is 0 Å². The maximum absolute atomic E-state index is 10.9. The molecular formula is C10H5Cl2N3O3. The lowest BCUT2D eigenvalue weighted by atomic mass is 10.3. The highest BCUT2D eigenvalue weighted by Crippen LogP contribution is 2.27. The van der Waals surface area contributed by atoms with E-state index in [0.29, 0.717) is 17.0 Å². The van der Waals surface area contributed by atoms with Gasteiger partial charge in [0.1, 0.15) is 6.20 Å². The van der Waals surface area contributed by atoms with Gasteiger partial charge in [0.15, 0.2) is 12.0 Å². The highest BCUT2D eigenvalue weighted by molar-refractivity contribution is 6.35. The number of aldehydes is 1. The predicted molar refractivity (Wildman–Crippen MR) is 65.6 cm³/mol. The van der Waals surface area contributed by atoms with Gasteiger partial charge in [0.2, 0.25) is 0 Å². The van der Waals surface area contributed by atoms with Crippen LogP contribution >= 0.6 is 23.2 Å². The maximum atomic E-state index is 10.9. The highest BCUT2D eigenvalue weighted by atomic mass is 35.5. The molecule has 1 aromatic heterocycles. The molecule has 0 bridgehead atoms. The van der Waals surface area contributed by atoms with Gasteiger partial charge in [0.25, 0.3) is 0 Å². The fraction of sp³-hybridized carbons (Fsp3) is 0. The van der Waals surface area contributed by atoms with Crippen LogP contribution in [0, 0.1) is 10.1 Å². The van der Waals surface area contributed by atoms with Crippen molar-refractivity contribution in [2.24, 2.45) is 0 Å². The molecule has 6 nitrogen and oxygen atoms in total. The minimum absolute atomic E-state index is 0.177. The molecule has 0 saturated heterocycles. The SMILES string of the molecule is O=Cc1c([N+](=O)[O-])cnn1-c1ccc(Cl)cc1Cl. The summed E-state index contributed by atoms with van der Waals surface area (Å²) in [5.41, 5.74) is -0.212. The molecule has 0 spiro atoms. The van der Waals surface area contributed by atoms with E-state index in [0.717, 1.165) is 10.9 Å². The van der Waals surface area contributed by atoms with E-state index in [9.17, 15) is 14.9 Å². The Kier molecular flexibility index (Phi) is 3.31. The minimum Gasteiger partial charge on any atom is -0.296 e. The van der Waals surface area contributed by atoms with Crippen molar-refractivity contribution in [3.8, 4) is 5.69 Å². The Morgan fingerprint density at radius 3 is 2.67 bits per heavy atom. The molecular weight excluding hydrogens is 281 g/mol. The van der Waals surface area contributed by atoms with Gasteiger partial charge in [-0.2, -0.15) is 5.10 Å². The van der Waals surface area contributed by atoms with Crippen LogP contribution in [-0.4, -0.2) is 21.0 Å². The number of rotatable bonds is 3. The second kappa shape index (κ2) is 4.75. The first-order valence-electron chi connectivity index (χ1n) is 4.67. The van der Waals surface area contributed by atoms with E-state index in [1.54, 1.807) is 6.07 Å². The van der Waals surface area contributed by atoms with Crippen LogP contribution in [0.1, 0.15) is 10.5 Å². The number of nitro groups is 1. The molecule has 0 aliphatic carbocycles. The van der Waals surface area contributed by atoms with Gasteiger partial charge in [-0.15, -0.1) is 0 Å². The first kappa shape index (κ1) is 12.5. The summed E-state index contributed by atoms with van der Waals surface area (Å²) >= 11 is 11.7. The van der Waals surface area contributed by atoms with Crippen LogP contribution in [0.15, 0.2) is 24.4 Å². The van der Waals surface area contributed by atoms with Crippen molar-refractivity contribution in [1.29, 1.82) is 0 Å². The molecule has 2 rings (SSSR count). The first-order chi connectivity index (χ1) is 8.54. The monoisotopic (exact) mass is 285 g/mol. The summed E-state index contributed by atoms with van der Waals surface area (Å²) in [6, 6.07) is 4.53. The van der Waals surface area contributed by atoms with Crippen LogP contribution < -0.4 is 0 Å². The van der Waals surface area contributed by atoms with E-state index < -0.39 is 4.92 Å². The Balaban J connectivity index is 2.64. The van der Waals surface area contributed by atoms with Crippen molar-refractivity contribution in [2.75, 3.05) is 0 Å². The first-order valence-corrected chi connectivity index (χ1v) is 5.43. The Labute approximate surface area is 111 Å². The van der Waals surface area contributed by atoms with E-state index >= 15 is 0 Å². The Bertz CT molecular complexity index is 639. The van der Waals surface area contributed by atoms with Gasteiger partial charge in [-0.25, -0.2) is 4.68 Å². The standard InChI is InChI=1S/C10H5Cl2N3O3/c11-6-1-2-8(7(12)3-6)14-10(5-16)9(4-13-14)15(17)18/h1-5H. The van der Waals surface area contributed by atoms with Crippen LogP contribution in [0.25, 0.3) is 5.69 Å². The molecule has 1 heterocycles. The molecule has 8 heteroatoms. The summed E-state index contributed by atoms with van der Waals surface area (Å²) in [4.78, 5) is 21.0. The fourth-order valence-corrected chi connectivity index (χ4v) is 1.93. The van der Waals surface area contributed by atoms with Crippen LogP contribution in [0.5, 0.6) is 0 Å². The maximum Gasteiger partial charge on any atom is 0.318 e. The second-order valence-electron chi connectivity index (χ2n) is 3.30. The Morgan fingerprint density at radius 1 is 1.39 bits per heavy atom. The van der Waals surface area contributed by atoms with Crippen molar-refractivity contribution in [2.45, 2.75) is 0 Å². The van der Waals surface area contributed by atoms with Crippen LogP contribution in [0.2, 0.25) is 10.0 Å². The number of aromatic nitrogens is 2. The fourth-order valence-electron chi connectivity index (χ4n) is 1.45. The van der Waals surface area contributed by atoms with E-state index in [-0.39, 0.29) is 16.4 Å². The third-order valence-corrected chi connectivity index (χ3v) is 2.77. The summed E-state index contributed by atoms with van der Waals surface area (Å²) in [7, 11) is 0. The normalized spacial score (nSPS) is 10.3. The van der Waals surface area contributed by atoms with Crippen LogP contribution in [-0.2, 0) is 0 Å². The zero-order chi connectivity index (χ0) is 13.3. The number of hydrogen-bond donors (Lipinski definition) is 0. The number of halogens is 2. The average molecular weight is 286 g/mol. The quantitative estimate of drug-likeness (QED) is 0.493. The smallest absolute Gasteiger partial charge is 0.296 e. The summed E-state index contributed by atoms with van der Waals surface area (Å²) in [5.74, 6) is 0. The molecule has 18 heavy (non-hydrogen) atoms. The van der Waals surface area contributed by atoms with Gasteiger partial charge < -0.3 is 0 Å². The lowest BCUT2D eigenvalue weighted by Gasteiger charge is -2.05. The number of benzene rings is 1. The Morgan fingerprint density at radius 2 is 2.11 bits per heavy atom. The van der Waals surface area contributed by atoms with Gasteiger partial charge in [0, 0.05) is 5.02 Å². The molecule has 0 unspecified atom stereocenters. The summed E-state index contributed by atoms with van der Waals surface area (Å²) < 4.78 is 1.10. The molecule has 0 N–H and O–H groups in total. The van der Waals surface area contributed by atoms with E-state index in [2.05, 4.69) is 5.10 Å². The highest BCUT2D eigenvalue weighted by Gasteiger charge is 2.21. The Hall–Kier alpha value is -1.92. The molecule has 0 radical (unpaired) electrons. The molecule has 0 saturated carbocycles. The van der Waals surface area contributed by atoms with Crippen molar-refractivity contribution in [3.05, 3.63) is 50.2 Å². The van der Waals surface area contributed by atoms with Gasteiger partial charge in [-0.1, -0.05) is 23.2 Å². The molecule has 0 amide bonds. The number of nitrogens with zero attached hydrogens (tertiary/aromatic N) is 3. The molecule has 0 fully saturated rings. The lowest BCUT2D eigenvalue weighted by molar-refractivity contribution is -0.385. The third-order valence-electron chi connectivity index (χ3n) is 2.23. The van der Waals surface area contributed by atoms with Crippen LogP contribution in [0.3, 0.4) is 0 Å². The summed E-state index contributed by atoms with van der Waals surface area (Å²) in [5, 5.41) is 15.1. The van der Waals surface area contributed by atoms with Gasteiger partial charge in [-0.05, 0) is 18.2 Å². The zero-order valence-corrected chi connectivity index (χ0v) is 10.2. The molecule has 0 aliphatic rings. The predicted octanol–water partition coefficient (Wildman–Crippen LogP) is 2.90. The van der Waals surface area contributed by atoms with Gasteiger partial charge >= 0.3 is 5.69 Å². The van der Waals surface area contributed by atoms with Crippen molar-refractivity contribution >= 4 is 35.2 Å². The number of carbonyl (C=O) groups excluding carboxylic acids is 1. The van der Waals surface area contributed by atoms with E-state index in [4.69, 9.17) is 23.2 Å². The van der Waals surface area contributed by atoms with Crippen molar-refractivity contribution < 1.29 is 9.72 Å². The molecule has 0 aliphatic heterocycles. The van der Waals surface area contributed by atoms with Crippen LogP contribution in [0.4, 0.5) is 5.69 Å². The average Bonchev–Trinajstić information content (AvgIpc) is 2.72. The topological polar surface area (TPSA) is 78.0 Å². The summed E-state index contributed by atoms with van der Waals surface area (Å²) in [6.45, 7) is 0. The van der Waals surface area contributed by atoms with Crippen molar-refractivity contribution in [1.82, 2.24) is 9.78 Å². The minimum atomic E-state index is -0.683. The number of hydrogen-bond acceptors (Lipinski definition) is 4. The van der Waals surface area contributed by atoms with E-state index in [1.165, 1.54) is 12.1 Å². The van der Waals surface area contributed by atoms with Gasteiger partial charge in [0.05, 0.1) is 15.6 Å². The van der Waals surface area contributed by atoms with E-state index in [1.807, 2.05) is 0 Å². The largest absolute Gasteiger partial charge is 0.318 e. The number of carbonyl (C=O) groups is 1. The third kappa shape index (κ3) is 2.07. The molecule has 0 atom stereocenters. The second-order valence-corrected chi connectivity index (χ2v) is 4.14. The lowest BCUT2D eigenvalue weighted by Crippen LogP contribution is -2.03. The van der Waals surface area contributed by atoms with Gasteiger partial charge in [-0.3, -0.25) is 14.9 Å². The zero-order valence-electron chi connectivity index (χ0n) is 8.71.